The third-order valence-corrected chi connectivity index (χ3v) is 16.1. The van der Waals surface area contributed by atoms with Crippen LogP contribution in [0.3, 0.4) is 0 Å². The number of hydrogen-bond donors (Lipinski definition) is 0. The van der Waals surface area contributed by atoms with Gasteiger partial charge in [-0.05, 0) is 25.3 Å². The topological polar surface area (TPSA) is 51.2 Å². The first kappa shape index (κ1) is 49.2. The van der Waals surface area contributed by atoms with Crippen LogP contribution >= 0.6 is 0 Å². The van der Waals surface area contributed by atoms with Crippen LogP contribution in [0.5, 0.6) is 0 Å². The lowest BCUT2D eigenvalue weighted by Crippen LogP contribution is -2.59. The van der Waals surface area contributed by atoms with E-state index in [-0.39, 0.29) is 16.2 Å². The van der Waals surface area contributed by atoms with E-state index < -0.39 is 8.07 Å². The molecule has 296 valence electrons. The predicted molar refractivity (Wildman–Crippen MR) is 224 cm³/mol. The Morgan fingerprint density at radius 1 is 0.260 bits per heavy atom. The summed E-state index contributed by atoms with van der Waals surface area (Å²) >= 11 is 0. The van der Waals surface area contributed by atoms with E-state index in [1.54, 1.807) is 0 Å². The molecule has 0 bridgehead atoms. The molecule has 3 nitrogen and oxygen atoms in total. The normalized spacial score (nSPS) is 11.8. The summed E-state index contributed by atoms with van der Waals surface area (Å²) in [5, 5.41) is 0.338. The van der Waals surface area contributed by atoms with E-state index in [1.165, 1.54) is 173 Å². The molecule has 0 atom stereocenters. The maximum absolute atomic E-state index is 14.3. The average molecular weight is 719 g/mol. The molecule has 0 unspecified atom stereocenters. The van der Waals surface area contributed by atoms with Gasteiger partial charge in [-0.1, -0.05) is 233 Å². The van der Waals surface area contributed by atoms with Crippen molar-refractivity contribution in [3.8, 4) is 0 Å². The minimum Gasteiger partial charge on any atom is -0.304 e. The SMILES string of the molecule is CCCCCCCCCCCCCCCC[Si](C(=O)CCCCCCCCC)(C(=O)CCCCCCCCC)C(=O)CCCCCCCCC. The van der Waals surface area contributed by atoms with Gasteiger partial charge in [0.2, 0.25) is 0 Å². The van der Waals surface area contributed by atoms with E-state index in [4.69, 9.17) is 0 Å². The van der Waals surface area contributed by atoms with Gasteiger partial charge in [0.25, 0.3) is 8.07 Å². The van der Waals surface area contributed by atoms with E-state index in [0.717, 1.165) is 51.4 Å². The minimum absolute atomic E-state index is 0.113. The largest absolute Gasteiger partial charge is 0.304 e. The van der Waals surface area contributed by atoms with Crippen molar-refractivity contribution in [2.45, 2.75) is 278 Å². The van der Waals surface area contributed by atoms with E-state index in [9.17, 15) is 14.4 Å². The van der Waals surface area contributed by atoms with E-state index in [0.29, 0.717) is 25.3 Å². The fraction of sp³-hybridized carbons (Fsp3) is 0.935. The zero-order chi connectivity index (χ0) is 36.8. The van der Waals surface area contributed by atoms with Crippen molar-refractivity contribution in [3.05, 3.63) is 0 Å². The van der Waals surface area contributed by atoms with Crippen LogP contribution in [0.4, 0.5) is 0 Å². The van der Waals surface area contributed by atoms with Crippen LogP contribution in [-0.4, -0.2) is 24.3 Å². The maximum atomic E-state index is 14.3. The Hall–Kier alpha value is -0.773. The number of carbonyl (C=O) groups excluding carboxylic acids is 3. The van der Waals surface area contributed by atoms with Gasteiger partial charge in [-0.25, -0.2) is 0 Å². The molecule has 4 heteroatoms. The molecule has 0 saturated heterocycles. The first-order valence-corrected chi connectivity index (χ1v) is 25.3. The first-order chi connectivity index (χ1) is 24.5. The zero-order valence-electron chi connectivity index (χ0n) is 34.8. The van der Waals surface area contributed by atoms with Crippen molar-refractivity contribution in [2.24, 2.45) is 0 Å². The van der Waals surface area contributed by atoms with Gasteiger partial charge in [-0.3, -0.25) is 0 Å². The summed E-state index contributed by atoms with van der Waals surface area (Å²) in [5.74, 6) is 0. The number of hydrogen-bond acceptors (Lipinski definition) is 3. The number of carbonyl (C=O) groups is 3. The molecule has 0 amide bonds. The molecule has 0 radical (unpaired) electrons. The fourth-order valence-electron chi connectivity index (χ4n) is 7.84. The Morgan fingerprint density at radius 2 is 0.440 bits per heavy atom. The van der Waals surface area contributed by atoms with Crippen LogP contribution < -0.4 is 0 Å². The standard InChI is InChI=1S/C46H90O3Si/c1-5-9-13-17-21-22-23-24-25-26-27-31-35-39-43-50(44(47)40-36-32-28-18-14-10-6-2,45(48)41-37-33-29-19-15-11-7-3)46(49)42-38-34-30-20-16-12-8-4/h5-43H2,1-4H3. The van der Waals surface area contributed by atoms with Crippen LogP contribution in [-0.2, 0) is 14.4 Å². The highest BCUT2D eigenvalue weighted by Crippen LogP contribution is 2.27. The smallest absolute Gasteiger partial charge is 0.279 e. The highest BCUT2D eigenvalue weighted by atomic mass is 28.3. The third-order valence-electron chi connectivity index (χ3n) is 11.4. The Bertz CT molecular complexity index is 688. The van der Waals surface area contributed by atoms with Crippen molar-refractivity contribution in [1.82, 2.24) is 0 Å². The molecule has 0 aromatic heterocycles. The third kappa shape index (κ3) is 26.9. The summed E-state index contributed by atoms with van der Waals surface area (Å²) in [6.07, 6.45) is 43.8. The van der Waals surface area contributed by atoms with Crippen LogP contribution in [0.2, 0.25) is 6.04 Å². The quantitative estimate of drug-likeness (QED) is 0.0466. The fourth-order valence-corrected chi connectivity index (χ4v) is 12.2. The monoisotopic (exact) mass is 719 g/mol. The molecule has 0 aliphatic rings. The molecular formula is C46H90O3Si. The van der Waals surface area contributed by atoms with Crippen LogP contribution in [0.25, 0.3) is 0 Å². The molecule has 0 aliphatic carbocycles. The van der Waals surface area contributed by atoms with Gasteiger partial charge in [-0.2, -0.15) is 0 Å². The van der Waals surface area contributed by atoms with Crippen molar-refractivity contribution in [2.75, 3.05) is 0 Å². The van der Waals surface area contributed by atoms with Crippen LogP contribution in [0, 0.1) is 0 Å². The highest BCUT2D eigenvalue weighted by Gasteiger charge is 2.52. The van der Waals surface area contributed by atoms with E-state index in [1.807, 2.05) is 0 Å². The van der Waals surface area contributed by atoms with Crippen molar-refractivity contribution >= 4 is 24.3 Å². The molecule has 0 fully saturated rings. The lowest BCUT2D eigenvalue weighted by Gasteiger charge is -2.28. The molecule has 0 N–H and O–H groups in total. The second-order valence-corrected chi connectivity index (χ2v) is 20.1. The molecule has 0 aliphatic heterocycles. The molecular weight excluding hydrogens is 629 g/mol. The molecule has 0 rings (SSSR count). The van der Waals surface area contributed by atoms with Gasteiger partial charge in [0, 0.05) is 19.3 Å². The summed E-state index contributed by atoms with van der Waals surface area (Å²) in [5.41, 5.74) is 0. The average Bonchev–Trinajstić information content (AvgIpc) is 3.12. The first-order valence-electron chi connectivity index (χ1n) is 23.1. The minimum atomic E-state index is -3.37. The molecule has 0 spiro atoms. The summed E-state index contributed by atoms with van der Waals surface area (Å²) in [6.45, 7) is 9.01. The lowest BCUT2D eigenvalue weighted by atomic mass is 10.0. The molecule has 0 aromatic rings. The van der Waals surface area contributed by atoms with Gasteiger partial charge < -0.3 is 14.4 Å². The van der Waals surface area contributed by atoms with E-state index in [2.05, 4.69) is 27.7 Å². The Balaban J connectivity index is 5.27. The second kappa shape index (κ2) is 38.0. The molecule has 0 aromatic carbocycles. The zero-order valence-corrected chi connectivity index (χ0v) is 35.8. The van der Waals surface area contributed by atoms with Crippen molar-refractivity contribution in [3.63, 3.8) is 0 Å². The second-order valence-electron chi connectivity index (χ2n) is 16.1. The lowest BCUT2D eigenvalue weighted by molar-refractivity contribution is -0.120. The Labute approximate surface area is 315 Å². The van der Waals surface area contributed by atoms with Crippen LogP contribution in [0.1, 0.15) is 272 Å². The van der Waals surface area contributed by atoms with Gasteiger partial charge in [-0.15, -0.1) is 0 Å². The van der Waals surface area contributed by atoms with Gasteiger partial charge >= 0.3 is 0 Å². The summed E-state index contributed by atoms with van der Waals surface area (Å²) in [6, 6.07) is 0.602. The van der Waals surface area contributed by atoms with Gasteiger partial charge in [0.05, 0.1) is 0 Å². The van der Waals surface area contributed by atoms with Crippen molar-refractivity contribution < 1.29 is 14.4 Å². The Kier molecular flexibility index (Phi) is 37.4. The predicted octanol–water partition coefficient (Wildman–Crippen LogP) is 15.7. The molecule has 0 heterocycles. The van der Waals surface area contributed by atoms with Crippen molar-refractivity contribution in [1.29, 1.82) is 0 Å². The maximum Gasteiger partial charge on any atom is 0.279 e. The van der Waals surface area contributed by atoms with Crippen LogP contribution in [0.15, 0.2) is 0 Å². The number of unbranched alkanes of at least 4 members (excludes halogenated alkanes) is 31. The molecule has 50 heavy (non-hydrogen) atoms. The molecule has 0 saturated carbocycles. The summed E-state index contributed by atoms with van der Waals surface area (Å²) in [7, 11) is -3.37. The van der Waals surface area contributed by atoms with Gasteiger partial charge in [0.15, 0.2) is 0 Å². The van der Waals surface area contributed by atoms with E-state index >= 15 is 0 Å². The summed E-state index contributed by atoms with van der Waals surface area (Å²) < 4.78 is 0. The highest BCUT2D eigenvalue weighted by molar-refractivity contribution is 7.40. The number of rotatable bonds is 42. The summed E-state index contributed by atoms with van der Waals surface area (Å²) in [4.78, 5) is 42.8. The Morgan fingerprint density at radius 3 is 0.660 bits per heavy atom. The van der Waals surface area contributed by atoms with Gasteiger partial charge in [0.1, 0.15) is 16.2 Å².